The topological polar surface area (TPSA) is 75.0 Å². The van der Waals surface area contributed by atoms with E-state index in [2.05, 4.69) is 0 Å². The lowest BCUT2D eigenvalue weighted by Crippen LogP contribution is -2.18. The van der Waals surface area contributed by atoms with Crippen LogP contribution in [0.25, 0.3) is 22.1 Å². The van der Waals surface area contributed by atoms with Gasteiger partial charge >= 0.3 is 11.6 Å². The number of hydrogen-bond donors (Lipinski definition) is 0. The van der Waals surface area contributed by atoms with E-state index < -0.39 is 11.6 Å². The van der Waals surface area contributed by atoms with Gasteiger partial charge in [-0.15, -0.1) is 0 Å². The molecule has 7 heteroatoms. The van der Waals surface area contributed by atoms with Crippen molar-refractivity contribution >= 4 is 28.5 Å². The van der Waals surface area contributed by atoms with Crippen LogP contribution in [-0.2, 0) is 4.74 Å². The lowest BCUT2D eigenvalue weighted by molar-refractivity contribution is 0.0522. The number of esters is 1. The van der Waals surface area contributed by atoms with Gasteiger partial charge in [0.1, 0.15) is 5.58 Å². The third-order valence-electron chi connectivity index (χ3n) is 4.02. The van der Waals surface area contributed by atoms with Crippen molar-refractivity contribution in [1.82, 2.24) is 0 Å². The largest absolute Gasteiger partial charge is 0.493 e. The van der Waals surface area contributed by atoms with E-state index in [4.69, 9.17) is 30.2 Å². The molecule has 0 fully saturated rings. The van der Waals surface area contributed by atoms with Gasteiger partial charge in [0.05, 0.1) is 20.8 Å². The number of fused-ring (bicyclic) bond motifs is 1. The predicted octanol–water partition coefficient (Wildman–Crippen LogP) is 4.31. The van der Waals surface area contributed by atoms with Crippen molar-refractivity contribution in [2.45, 2.75) is 6.92 Å². The van der Waals surface area contributed by atoms with Gasteiger partial charge in [0.2, 0.25) is 0 Å². The summed E-state index contributed by atoms with van der Waals surface area (Å²) in [6.07, 6.45) is 0. The fourth-order valence-corrected chi connectivity index (χ4v) is 3.03. The van der Waals surface area contributed by atoms with E-state index in [1.165, 1.54) is 14.2 Å². The Balaban J connectivity index is 2.41. The summed E-state index contributed by atoms with van der Waals surface area (Å²) in [5, 5.41) is 0.949. The summed E-state index contributed by atoms with van der Waals surface area (Å²) in [7, 11) is 3.02. The molecule has 0 saturated carbocycles. The van der Waals surface area contributed by atoms with E-state index in [-0.39, 0.29) is 12.2 Å². The van der Waals surface area contributed by atoms with Crippen LogP contribution in [0.5, 0.6) is 11.5 Å². The number of carbonyl (C=O) groups excluding carboxylic acids is 1. The van der Waals surface area contributed by atoms with Gasteiger partial charge in [0, 0.05) is 16.0 Å². The summed E-state index contributed by atoms with van der Waals surface area (Å²) in [5.74, 6) is 0.204. The fraction of sp³-hybridized carbons (Fsp3) is 0.200. The van der Waals surface area contributed by atoms with Crippen LogP contribution in [0.15, 0.2) is 45.6 Å². The Bertz CT molecular complexity index is 1070. The van der Waals surface area contributed by atoms with Crippen LogP contribution in [-0.4, -0.2) is 26.8 Å². The Morgan fingerprint density at radius 1 is 1.07 bits per heavy atom. The minimum atomic E-state index is -0.784. The van der Waals surface area contributed by atoms with Crippen LogP contribution in [0.3, 0.4) is 0 Å². The first-order valence-corrected chi connectivity index (χ1v) is 8.53. The molecule has 1 aromatic heterocycles. The number of hydrogen-bond acceptors (Lipinski definition) is 6. The number of benzene rings is 2. The Hall–Kier alpha value is -2.99. The van der Waals surface area contributed by atoms with Crippen molar-refractivity contribution in [2.75, 3.05) is 20.8 Å². The smallest absolute Gasteiger partial charge is 0.351 e. The monoisotopic (exact) mass is 388 g/mol. The maximum absolute atomic E-state index is 12.5. The molecular weight excluding hydrogens is 372 g/mol. The summed E-state index contributed by atoms with van der Waals surface area (Å²) >= 11 is 6.14. The third-order valence-corrected chi connectivity index (χ3v) is 4.25. The lowest BCUT2D eigenvalue weighted by atomic mass is 9.96. The zero-order chi connectivity index (χ0) is 19.6. The number of carbonyl (C=O) groups is 1. The highest BCUT2D eigenvalue weighted by Gasteiger charge is 2.24. The molecule has 3 rings (SSSR count). The average molecular weight is 389 g/mol. The second-order valence-corrected chi connectivity index (χ2v) is 6.01. The third kappa shape index (κ3) is 3.48. The SMILES string of the molecule is CCOC(=O)c1c(-c2ccc(OC)c(OC)c2)c2cc(Cl)ccc2oc1=O. The van der Waals surface area contributed by atoms with Crippen molar-refractivity contribution in [3.05, 3.63) is 57.4 Å². The van der Waals surface area contributed by atoms with E-state index >= 15 is 0 Å². The molecule has 0 atom stereocenters. The van der Waals surface area contributed by atoms with Gasteiger partial charge in [0.25, 0.3) is 0 Å². The zero-order valence-corrected chi connectivity index (χ0v) is 15.8. The van der Waals surface area contributed by atoms with Crippen LogP contribution in [0.4, 0.5) is 0 Å². The van der Waals surface area contributed by atoms with Gasteiger partial charge < -0.3 is 18.6 Å². The van der Waals surface area contributed by atoms with Crippen LogP contribution in [0.2, 0.25) is 5.02 Å². The van der Waals surface area contributed by atoms with Crippen molar-refractivity contribution in [3.63, 3.8) is 0 Å². The summed E-state index contributed by atoms with van der Waals surface area (Å²) in [6.45, 7) is 1.78. The van der Waals surface area contributed by atoms with Crippen molar-refractivity contribution in [2.24, 2.45) is 0 Å². The normalized spacial score (nSPS) is 10.7. The summed E-state index contributed by atoms with van der Waals surface area (Å²) in [4.78, 5) is 25.0. The number of halogens is 1. The molecule has 1 heterocycles. The zero-order valence-electron chi connectivity index (χ0n) is 15.0. The molecule has 0 aliphatic heterocycles. The molecule has 0 N–H and O–H groups in total. The van der Waals surface area contributed by atoms with Gasteiger partial charge in [-0.05, 0) is 42.8 Å². The Morgan fingerprint density at radius 3 is 2.48 bits per heavy atom. The fourth-order valence-electron chi connectivity index (χ4n) is 2.85. The minimum absolute atomic E-state index is 0.122. The molecule has 0 radical (unpaired) electrons. The molecule has 0 saturated heterocycles. The molecule has 0 amide bonds. The quantitative estimate of drug-likeness (QED) is 0.479. The highest BCUT2D eigenvalue weighted by Crippen LogP contribution is 2.37. The first-order valence-electron chi connectivity index (χ1n) is 8.16. The molecule has 140 valence electrons. The second kappa shape index (κ2) is 7.72. The maximum atomic E-state index is 12.5. The van der Waals surface area contributed by atoms with Crippen LogP contribution in [0.1, 0.15) is 17.3 Å². The van der Waals surface area contributed by atoms with Crippen LogP contribution in [0, 0.1) is 0 Å². The van der Waals surface area contributed by atoms with Gasteiger partial charge in [-0.25, -0.2) is 9.59 Å². The molecule has 0 unspecified atom stereocenters. The second-order valence-electron chi connectivity index (χ2n) is 5.57. The molecular formula is C20H17ClO6. The number of rotatable bonds is 5. The standard InChI is InChI=1S/C20H17ClO6/c1-4-26-19(22)18-17(11-5-7-15(24-2)16(9-11)25-3)13-10-12(21)6-8-14(13)27-20(18)23/h5-10H,4H2,1-3H3. The minimum Gasteiger partial charge on any atom is -0.493 e. The molecule has 0 aliphatic rings. The maximum Gasteiger partial charge on any atom is 0.351 e. The molecule has 27 heavy (non-hydrogen) atoms. The van der Waals surface area contributed by atoms with Gasteiger partial charge in [-0.1, -0.05) is 17.7 Å². The van der Waals surface area contributed by atoms with Gasteiger partial charge in [0.15, 0.2) is 17.1 Å². The molecule has 3 aromatic rings. The summed E-state index contributed by atoms with van der Waals surface area (Å²) in [5.41, 5.74) is 0.258. The van der Waals surface area contributed by atoms with Gasteiger partial charge in [-0.2, -0.15) is 0 Å². The van der Waals surface area contributed by atoms with Crippen molar-refractivity contribution in [1.29, 1.82) is 0 Å². The predicted molar refractivity (Wildman–Crippen MR) is 102 cm³/mol. The number of ether oxygens (including phenoxy) is 3. The summed E-state index contributed by atoms with van der Waals surface area (Å²) < 4.78 is 21.0. The molecule has 2 aromatic carbocycles. The van der Waals surface area contributed by atoms with E-state index in [1.807, 2.05) is 0 Å². The van der Waals surface area contributed by atoms with E-state index in [0.717, 1.165) is 0 Å². The Morgan fingerprint density at radius 2 is 1.81 bits per heavy atom. The molecule has 0 aliphatic carbocycles. The van der Waals surface area contributed by atoms with Crippen LogP contribution >= 0.6 is 11.6 Å². The van der Waals surface area contributed by atoms with E-state index in [1.54, 1.807) is 43.3 Å². The highest BCUT2D eigenvalue weighted by atomic mass is 35.5. The Kier molecular flexibility index (Phi) is 5.37. The van der Waals surface area contributed by atoms with E-state index in [0.29, 0.717) is 38.6 Å². The first kappa shape index (κ1) is 18.8. The summed E-state index contributed by atoms with van der Waals surface area (Å²) in [6, 6.07) is 9.91. The number of methoxy groups -OCH3 is 2. The lowest BCUT2D eigenvalue weighted by Gasteiger charge is -2.14. The molecule has 0 bridgehead atoms. The molecule has 6 nitrogen and oxygen atoms in total. The van der Waals surface area contributed by atoms with Crippen LogP contribution < -0.4 is 15.1 Å². The highest BCUT2D eigenvalue weighted by molar-refractivity contribution is 6.31. The molecule has 0 spiro atoms. The average Bonchev–Trinajstić information content (AvgIpc) is 2.66. The Labute approximate surface area is 160 Å². The van der Waals surface area contributed by atoms with E-state index in [9.17, 15) is 9.59 Å². The van der Waals surface area contributed by atoms with Crippen molar-refractivity contribution in [3.8, 4) is 22.6 Å². The van der Waals surface area contributed by atoms with Crippen molar-refractivity contribution < 1.29 is 23.4 Å². The van der Waals surface area contributed by atoms with Gasteiger partial charge in [-0.3, -0.25) is 0 Å². The first-order chi connectivity index (χ1) is 13.0.